The lowest BCUT2D eigenvalue weighted by Gasteiger charge is -2.15. The molecule has 2 aromatic rings. The Morgan fingerprint density at radius 2 is 1.75 bits per heavy atom. The monoisotopic (exact) mass is 368 g/mol. The van der Waals surface area contributed by atoms with Gasteiger partial charge in [0.2, 0.25) is 10.0 Å². The van der Waals surface area contributed by atoms with Crippen LogP contribution in [0.5, 0.6) is 5.75 Å². The Morgan fingerprint density at radius 3 is 2.33 bits per heavy atom. The van der Waals surface area contributed by atoms with Crippen molar-refractivity contribution in [2.75, 3.05) is 16.3 Å². The fraction of sp³-hybridized carbons (Fsp3) is 0.188. The maximum Gasteiger partial charge on any atom is 0.265 e. The van der Waals surface area contributed by atoms with Crippen LogP contribution < -0.4 is 14.8 Å². The number of hydrogen-bond donors (Lipinski definition) is 2. The predicted molar refractivity (Wildman–Crippen MR) is 95.1 cm³/mol. The predicted octanol–water partition coefficient (Wildman–Crippen LogP) is 3.12. The second-order valence-electron chi connectivity index (χ2n) is 5.16. The first-order chi connectivity index (χ1) is 11.2. The average Bonchev–Trinajstić information content (AvgIpc) is 2.47. The summed E-state index contributed by atoms with van der Waals surface area (Å²) in [7, 11) is -3.33. The van der Waals surface area contributed by atoms with Crippen molar-refractivity contribution in [2.45, 2.75) is 13.0 Å². The molecule has 1 atom stereocenters. The number of nitrogens with one attached hydrogen (secondary N) is 2. The van der Waals surface area contributed by atoms with E-state index < -0.39 is 16.1 Å². The number of amides is 1. The molecule has 24 heavy (non-hydrogen) atoms. The molecular weight excluding hydrogens is 352 g/mol. The molecule has 0 aromatic heterocycles. The number of sulfonamides is 1. The molecular formula is C16H17ClN2O4S. The Balaban J connectivity index is 1.96. The summed E-state index contributed by atoms with van der Waals surface area (Å²) in [6, 6.07) is 13.1. The van der Waals surface area contributed by atoms with E-state index in [0.29, 0.717) is 22.1 Å². The van der Waals surface area contributed by atoms with Crippen molar-refractivity contribution >= 4 is 38.9 Å². The zero-order chi connectivity index (χ0) is 17.7. The van der Waals surface area contributed by atoms with Crippen LogP contribution in [0.2, 0.25) is 5.02 Å². The molecule has 2 N–H and O–H groups in total. The van der Waals surface area contributed by atoms with Gasteiger partial charge in [-0.15, -0.1) is 0 Å². The number of ether oxygens (including phenoxy) is 1. The summed E-state index contributed by atoms with van der Waals surface area (Å²) in [6.07, 6.45) is 0.342. The van der Waals surface area contributed by atoms with Gasteiger partial charge in [-0.2, -0.15) is 0 Å². The highest BCUT2D eigenvalue weighted by Gasteiger charge is 2.15. The zero-order valence-corrected chi connectivity index (χ0v) is 14.7. The van der Waals surface area contributed by atoms with Gasteiger partial charge in [-0.3, -0.25) is 9.52 Å². The number of hydrogen-bond acceptors (Lipinski definition) is 4. The van der Waals surface area contributed by atoms with Crippen LogP contribution in [0.15, 0.2) is 48.5 Å². The first-order valence-corrected chi connectivity index (χ1v) is 9.31. The van der Waals surface area contributed by atoms with Crippen molar-refractivity contribution in [1.82, 2.24) is 0 Å². The lowest BCUT2D eigenvalue weighted by Crippen LogP contribution is -2.30. The number of carbonyl (C=O) groups is 1. The van der Waals surface area contributed by atoms with Crippen LogP contribution in [0, 0.1) is 0 Å². The van der Waals surface area contributed by atoms with Crippen molar-refractivity contribution in [1.29, 1.82) is 0 Å². The molecule has 0 bridgehead atoms. The Hall–Kier alpha value is -2.25. The number of halogens is 1. The van der Waals surface area contributed by atoms with Gasteiger partial charge in [-0.05, 0) is 49.4 Å². The Morgan fingerprint density at radius 1 is 1.12 bits per heavy atom. The van der Waals surface area contributed by atoms with Crippen molar-refractivity contribution in [3.8, 4) is 5.75 Å². The molecule has 0 aliphatic carbocycles. The third kappa shape index (κ3) is 5.75. The second-order valence-corrected chi connectivity index (χ2v) is 7.34. The van der Waals surface area contributed by atoms with Gasteiger partial charge in [-0.25, -0.2) is 8.42 Å². The van der Waals surface area contributed by atoms with Crippen molar-refractivity contribution in [3.05, 3.63) is 53.6 Å². The standard InChI is InChI=1S/C16H17ClN2O4S/c1-11(23-15-5-3-4-12(17)10-15)16(20)18-13-6-8-14(9-7-13)19-24(2,21)22/h3-11,19H,1-2H3,(H,18,20)/t11-/m1/s1. The van der Waals surface area contributed by atoms with E-state index in [1.54, 1.807) is 55.5 Å². The number of carbonyl (C=O) groups excluding carboxylic acids is 1. The summed E-state index contributed by atoms with van der Waals surface area (Å²) in [6.45, 7) is 1.62. The third-order valence-corrected chi connectivity index (χ3v) is 3.78. The summed E-state index contributed by atoms with van der Waals surface area (Å²) in [4.78, 5) is 12.1. The molecule has 2 aromatic carbocycles. The molecule has 0 fully saturated rings. The van der Waals surface area contributed by atoms with E-state index in [0.717, 1.165) is 6.26 Å². The molecule has 2 rings (SSSR count). The molecule has 0 spiro atoms. The van der Waals surface area contributed by atoms with Crippen LogP contribution in [0.25, 0.3) is 0 Å². The fourth-order valence-electron chi connectivity index (χ4n) is 1.88. The maximum atomic E-state index is 12.1. The van der Waals surface area contributed by atoms with Gasteiger partial charge >= 0.3 is 0 Å². The van der Waals surface area contributed by atoms with Gasteiger partial charge in [-0.1, -0.05) is 17.7 Å². The van der Waals surface area contributed by atoms with E-state index in [9.17, 15) is 13.2 Å². The van der Waals surface area contributed by atoms with Crippen LogP contribution in [0.1, 0.15) is 6.92 Å². The summed E-state index contributed by atoms with van der Waals surface area (Å²) in [5, 5.41) is 3.21. The molecule has 0 aliphatic heterocycles. The smallest absolute Gasteiger partial charge is 0.265 e. The van der Waals surface area contributed by atoms with Crippen LogP contribution in [-0.4, -0.2) is 26.7 Å². The van der Waals surface area contributed by atoms with Crippen molar-refractivity contribution in [2.24, 2.45) is 0 Å². The molecule has 1 amide bonds. The summed E-state index contributed by atoms with van der Waals surface area (Å²) >= 11 is 5.87. The van der Waals surface area contributed by atoms with Gasteiger partial charge in [0.15, 0.2) is 6.10 Å². The van der Waals surface area contributed by atoms with Crippen LogP contribution >= 0.6 is 11.6 Å². The Kier molecular flexibility index (Phi) is 5.69. The molecule has 0 saturated heterocycles. The fourth-order valence-corrected chi connectivity index (χ4v) is 2.62. The van der Waals surface area contributed by atoms with E-state index in [1.807, 2.05) is 0 Å². The first kappa shape index (κ1) is 18.1. The van der Waals surface area contributed by atoms with Crippen LogP contribution in [0.4, 0.5) is 11.4 Å². The SMILES string of the molecule is C[C@@H](Oc1cccc(Cl)c1)C(=O)Nc1ccc(NS(C)(=O)=O)cc1. The minimum atomic E-state index is -3.33. The van der Waals surface area contributed by atoms with E-state index in [1.165, 1.54) is 0 Å². The minimum Gasteiger partial charge on any atom is -0.481 e. The number of anilines is 2. The quantitative estimate of drug-likeness (QED) is 0.820. The topological polar surface area (TPSA) is 84.5 Å². The van der Waals surface area contributed by atoms with Gasteiger partial charge in [0.25, 0.3) is 5.91 Å². The molecule has 0 radical (unpaired) electrons. The van der Waals surface area contributed by atoms with Crippen LogP contribution in [-0.2, 0) is 14.8 Å². The number of benzene rings is 2. The minimum absolute atomic E-state index is 0.334. The van der Waals surface area contributed by atoms with Crippen molar-refractivity contribution < 1.29 is 17.9 Å². The van der Waals surface area contributed by atoms with Gasteiger partial charge in [0.05, 0.1) is 6.26 Å². The molecule has 128 valence electrons. The normalized spacial score (nSPS) is 12.3. The molecule has 0 saturated carbocycles. The van der Waals surface area contributed by atoms with Gasteiger partial charge < -0.3 is 10.1 Å². The maximum absolute atomic E-state index is 12.1. The zero-order valence-electron chi connectivity index (χ0n) is 13.1. The molecule has 0 heterocycles. The summed E-state index contributed by atoms with van der Waals surface area (Å²) < 4.78 is 30.2. The summed E-state index contributed by atoms with van der Waals surface area (Å²) in [5.74, 6) is 0.164. The highest BCUT2D eigenvalue weighted by atomic mass is 35.5. The lowest BCUT2D eigenvalue weighted by molar-refractivity contribution is -0.122. The van der Waals surface area contributed by atoms with E-state index in [-0.39, 0.29) is 5.91 Å². The van der Waals surface area contributed by atoms with E-state index in [2.05, 4.69) is 10.0 Å². The second kappa shape index (κ2) is 7.55. The average molecular weight is 369 g/mol. The molecule has 6 nitrogen and oxygen atoms in total. The number of rotatable bonds is 6. The molecule has 0 unspecified atom stereocenters. The highest BCUT2D eigenvalue weighted by Crippen LogP contribution is 2.19. The molecule has 8 heteroatoms. The Labute approximate surface area is 145 Å². The van der Waals surface area contributed by atoms with Gasteiger partial charge in [0.1, 0.15) is 5.75 Å². The first-order valence-electron chi connectivity index (χ1n) is 7.04. The molecule has 0 aliphatic rings. The highest BCUT2D eigenvalue weighted by molar-refractivity contribution is 7.92. The lowest BCUT2D eigenvalue weighted by atomic mass is 10.2. The van der Waals surface area contributed by atoms with E-state index in [4.69, 9.17) is 16.3 Å². The Bertz CT molecular complexity index is 822. The largest absolute Gasteiger partial charge is 0.481 e. The van der Waals surface area contributed by atoms with Crippen molar-refractivity contribution in [3.63, 3.8) is 0 Å². The van der Waals surface area contributed by atoms with E-state index >= 15 is 0 Å². The third-order valence-electron chi connectivity index (χ3n) is 2.93. The van der Waals surface area contributed by atoms with Crippen LogP contribution in [0.3, 0.4) is 0 Å². The van der Waals surface area contributed by atoms with Gasteiger partial charge in [0, 0.05) is 16.4 Å². The summed E-state index contributed by atoms with van der Waals surface area (Å²) in [5.41, 5.74) is 0.944.